The van der Waals surface area contributed by atoms with Gasteiger partial charge < -0.3 is 15.0 Å². The summed E-state index contributed by atoms with van der Waals surface area (Å²) in [5.41, 5.74) is 0.345. The summed E-state index contributed by atoms with van der Waals surface area (Å²) in [5, 5.41) is 3.59. The number of hydrogen-bond donors (Lipinski definition) is 1. The SMILES string of the molecule is CCCNCC1(CN(C)CCC)CCCOC1. The Morgan fingerprint density at radius 2 is 2.12 bits per heavy atom. The predicted octanol–water partition coefficient (Wildman–Crippen LogP) is 2.12. The summed E-state index contributed by atoms with van der Waals surface area (Å²) >= 11 is 0. The summed E-state index contributed by atoms with van der Waals surface area (Å²) in [7, 11) is 2.24. The van der Waals surface area contributed by atoms with Crippen LogP contribution >= 0.6 is 0 Å². The van der Waals surface area contributed by atoms with Gasteiger partial charge in [-0.25, -0.2) is 0 Å². The Morgan fingerprint density at radius 3 is 2.71 bits per heavy atom. The first kappa shape index (κ1) is 14.9. The molecule has 17 heavy (non-hydrogen) atoms. The van der Waals surface area contributed by atoms with Crippen LogP contribution in [-0.2, 0) is 4.74 Å². The van der Waals surface area contributed by atoms with Crippen molar-refractivity contribution in [2.75, 3.05) is 46.4 Å². The van der Waals surface area contributed by atoms with Crippen molar-refractivity contribution in [3.63, 3.8) is 0 Å². The van der Waals surface area contributed by atoms with Crippen molar-refractivity contribution in [2.24, 2.45) is 5.41 Å². The molecule has 1 rings (SSSR count). The van der Waals surface area contributed by atoms with Gasteiger partial charge in [-0.3, -0.25) is 0 Å². The minimum atomic E-state index is 0.345. The molecular weight excluding hydrogens is 212 g/mol. The van der Waals surface area contributed by atoms with Gasteiger partial charge in [0.25, 0.3) is 0 Å². The molecule has 3 nitrogen and oxygen atoms in total. The standard InChI is InChI=1S/C14H30N2O/c1-4-8-15-11-14(7-6-10-17-13-14)12-16(3)9-5-2/h15H,4-13H2,1-3H3. The molecule has 1 aliphatic heterocycles. The fourth-order valence-electron chi connectivity index (χ4n) is 2.79. The second kappa shape index (κ2) is 8.06. The van der Waals surface area contributed by atoms with E-state index in [1.54, 1.807) is 0 Å². The fraction of sp³-hybridized carbons (Fsp3) is 1.00. The van der Waals surface area contributed by atoms with E-state index < -0.39 is 0 Å². The van der Waals surface area contributed by atoms with E-state index >= 15 is 0 Å². The smallest absolute Gasteiger partial charge is 0.0546 e. The second-order valence-corrected chi connectivity index (χ2v) is 5.57. The summed E-state index contributed by atoms with van der Waals surface area (Å²) in [6, 6.07) is 0. The van der Waals surface area contributed by atoms with Gasteiger partial charge in [0.1, 0.15) is 0 Å². The lowest BCUT2D eigenvalue weighted by Crippen LogP contribution is -2.48. The molecule has 0 aromatic carbocycles. The lowest BCUT2D eigenvalue weighted by atomic mass is 9.81. The van der Waals surface area contributed by atoms with Crippen molar-refractivity contribution >= 4 is 0 Å². The maximum atomic E-state index is 5.73. The normalized spacial score (nSPS) is 25.4. The van der Waals surface area contributed by atoms with Gasteiger partial charge in [-0.1, -0.05) is 13.8 Å². The number of rotatable bonds is 8. The van der Waals surface area contributed by atoms with Crippen LogP contribution in [-0.4, -0.2) is 51.3 Å². The van der Waals surface area contributed by atoms with Crippen molar-refractivity contribution < 1.29 is 4.74 Å². The molecule has 102 valence electrons. The van der Waals surface area contributed by atoms with Gasteiger partial charge in [0.15, 0.2) is 0 Å². The summed E-state index contributed by atoms with van der Waals surface area (Å²) in [6.45, 7) is 10.9. The third-order valence-corrected chi connectivity index (χ3v) is 3.54. The van der Waals surface area contributed by atoms with Gasteiger partial charge in [-0.15, -0.1) is 0 Å². The highest BCUT2D eigenvalue weighted by Crippen LogP contribution is 2.28. The van der Waals surface area contributed by atoms with Crippen LogP contribution in [0, 0.1) is 5.41 Å². The third-order valence-electron chi connectivity index (χ3n) is 3.54. The minimum Gasteiger partial charge on any atom is -0.381 e. The molecule has 0 spiro atoms. The van der Waals surface area contributed by atoms with E-state index in [-0.39, 0.29) is 0 Å². The van der Waals surface area contributed by atoms with Crippen LogP contribution in [0.3, 0.4) is 0 Å². The van der Waals surface area contributed by atoms with E-state index in [0.29, 0.717) is 5.41 Å². The highest BCUT2D eigenvalue weighted by atomic mass is 16.5. The maximum Gasteiger partial charge on any atom is 0.0546 e. The lowest BCUT2D eigenvalue weighted by molar-refractivity contribution is -0.0225. The Bertz CT molecular complexity index is 191. The summed E-state index contributed by atoms with van der Waals surface area (Å²) < 4.78 is 5.73. The van der Waals surface area contributed by atoms with Crippen molar-refractivity contribution in [3.05, 3.63) is 0 Å². The largest absolute Gasteiger partial charge is 0.381 e. The molecule has 0 aliphatic carbocycles. The average Bonchev–Trinajstić information content (AvgIpc) is 2.30. The number of nitrogens with one attached hydrogen (secondary N) is 1. The molecule has 0 radical (unpaired) electrons. The molecule has 3 heteroatoms. The molecule has 0 aromatic rings. The average molecular weight is 242 g/mol. The summed E-state index contributed by atoms with van der Waals surface area (Å²) in [5.74, 6) is 0. The highest BCUT2D eigenvalue weighted by molar-refractivity contribution is 4.86. The van der Waals surface area contributed by atoms with Crippen LogP contribution in [0.25, 0.3) is 0 Å². The van der Waals surface area contributed by atoms with Gasteiger partial charge in [0, 0.05) is 25.1 Å². The van der Waals surface area contributed by atoms with Crippen LogP contribution in [0.15, 0.2) is 0 Å². The lowest BCUT2D eigenvalue weighted by Gasteiger charge is -2.40. The zero-order valence-electron chi connectivity index (χ0n) is 11.9. The molecule has 0 amide bonds. The molecule has 1 heterocycles. The Labute approximate surface area is 107 Å². The monoisotopic (exact) mass is 242 g/mol. The van der Waals surface area contributed by atoms with Gasteiger partial charge in [-0.05, 0) is 45.8 Å². The first-order chi connectivity index (χ1) is 8.22. The van der Waals surface area contributed by atoms with Gasteiger partial charge in [0.05, 0.1) is 6.61 Å². The van der Waals surface area contributed by atoms with Gasteiger partial charge in [-0.2, -0.15) is 0 Å². The molecule has 1 unspecified atom stereocenters. The van der Waals surface area contributed by atoms with Gasteiger partial charge in [0.2, 0.25) is 0 Å². The van der Waals surface area contributed by atoms with Crippen molar-refractivity contribution in [1.29, 1.82) is 0 Å². The van der Waals surface area contributed by atoms with E-state index in [2.05, 4.69) is 31.1 Å². The van der Waals surface area contributed by atoms with Crippen LogP contribution in [0.2, 0.25) is 0 Å². The predicted molar refractivity (Wildman–Crippen MR) is 73.4 cm³/mol. The van der Waals surface area contributed by atoms with E-state index in [4.69, 9.17) is 4.74 Å². The van der Waals surface area contributed by atoms with Crippen LogP contribution in [0.1, 0.15) is 39.5 Å². The molecule has 1 N–H and O–H groups in total. The first-order valence-electron chi connectivity index (χ1n) is 7.19. The van der Waals surface area contributed by atoms with Crippen LogP contribution in [0.5, 0.6) is 0 Å². The van der Waals surface area contributed by atoms with Crippen LogP contribution in [0.4, 0.5) is 0 Å². The Balaban J connectivity index is 2.45. The molecule has 0 aromatic heterocycles. The van der Waals surface area contributed by atoms with E-state index in [1.807, 2.05) is 0 Å². The maximum absolute atomic E-state index is 5.73. The quantitative estimate of drug-likeness (QED) is 0.660. The second-order valence-electron chi connectivity index (χ2n) is 5.57. The van der Waals surface area contributed by atoms with Gasteiger partial charge >= 0.3 is 0 Å². The number of hydrogen-bond acceptors (Lipinski definition) is 3. The van der Waals surface area contributed by atoms with E-state index in [1.165, 1.54) is 32.2 Å². The summed E-state index contributed by atoms with van der Waals surface area (Å²) in [4.78, 5) is 2.46. The van der Waals surface area contributed by atoms with Crippen molar-refractivity contribution in [2.45, 2.75) is 39.5 Å². The first-order valence-corrected chi connectivity index (χ1v) is 7.19. The molecule has 1 fully saturated rings. The van der Waals surface area contributed by atoms with E-state index in [0.717, 1.165) is 32.8 Å². The summed E-state index contributed by atoms with van der Waals surface area (Å²) in [6.07, 6.45) is 4.96. The van der Waals surface area contributed by atoms with Crippen molar-refractivity contribution in [3.8, 4) is 0 Å². The Hall–Kier alpha value is -0.120. The molecule has 0 saturated carbocycles. The third kappa shape index (κ3) is 5.36. The van der Waals surface area contributed by atoms with E-state index in [9.17, 15) is 0 Å². The minimum absolute atomic E-state index is 0.345. The fourth-order valence-corrected chi connectivity index (χ4v) is 2.79. The topological polar surface area (TPSA) is 24.5 Å². The molecule has 1 aliphatic rings. The zero-order chi connectivity index (χ0) is 12.6. The van der Waals surface area contributed by atoms with Crippen LogP contribution < -0.4 is 5.32 Å². The Morgan fingerprint density at radius 1 is 1.29 bits per heavy atom. The zero-order valence-corrected chi connectivity index (χ0v) is 11.9. The highest BCUT2D eigenvalue weighted by Gasteiger charge is 2.33. The number of nitrogens with zero attached hydrogens (tertiary/aromatic N) is 1. The molecule has 1 saturated heterocycles. The Kier molecular flexibility index (Phi) is 7.09. The van der Waals surface area contributed by atoms with Crippen molar-refractivity contribution in [1.82, 2.24) is 10.2 Å². The molecular formula is C14H30N2O. The molecule has 1 atom stereocenters. The molecule has 0 bridgehead atoms. The number of ether oxygens (including phenoxy) is 1.